The zero-order chi connectivity index (χ0) is 13.8. The number of fused-ring (bicyclic) bond motifs is 1. The van der Waals surface area contributed by atoms with Crippen LogP contribution in [0.2, 0.25) is 0 Å². The Balaban J connectivity index is 1.89. The Morgan fingerprint density at radius 2 is 1.75 bits per heavy atom. The molecule has 3 rings (SSSR count). The van der Waals surface area contributed by atoms with Crippen LogP contribution in [0.4, 0.5) is 6.01 Å². The van der Waals surface area contributed by atoms with E-state index in [1.54, 1.807) is 0 Å². The number of alkyl halides is 1. The van der Waals surface area contributed by atoms with Crippen LogP contribution in [0, 0.1) is 0 Å². The smallest absolute Gasteiger partial charge is 0.298 e. The van der Waals surface area contributed by atoms with Gasteiger partial charge in [0.15, 0.2) is 5.58 Å². The zero-order valence-corrected chi connectivity index (χ0v) is 11.8. The van der Waals surface area contributed by atoms with Crippen LogP contribution in [-0.2, 0) is 6.54 Å². The average Bonchev–Trinajstić information content (AvgIpc) is 2.92. The van der Waals surface area contributed by atoms with Crippen molar-refractivity contribution >= 4 is 28.7 Å². The van der Waals surface area contributed by atoms with Gasteiger partial charge in [0.2, 0.25) is 0 Å². The van der Waals surface area contributed by atoms with E-state index in [1.807, 2.05) is 42.5 Å². The highest BCUT2D eigenvalue weighted by Crippen LogP contribution is 2.23. The lowest BCUT2D eigenvalue weighted by atomic mass is 10.2. The summed E-state index contributed by atoms with van der Waals surface area (Å²) in [7, 11) is 0. The molecule has 20 heavy (non-hydrogen) atoms. The van der Waals surface area contributed by atoms with Crippen LogP contribution in [0.1, 0.15) is 5.56 Å². The summed E-state index contributed by atoms with van der Waals surface area (Å²) < 4.78 is 5.81. The number of benzene rings is 2. The van der Waals surface area contributed by atoms with Crippen molar-refractivity contribution in [1.82, 2.24) is 4.98 Å². The molecule has 0 aliphatic rings. The van der Waals surface area contributed by atoms with Crippen LogP contribution in [0.25, 0.3) is 11.1 Å². The molecule has 1 heterocycles. The third-order valence-electron chi connectivity index (χ3n) is 3.12. The van der Waals surface area contributed by atoms with Gasteiger partial charge in [0.1, 0.15) is 5.52 Å². The molecule has 1 aromatic heterocycles. The van der Waals surface area contributed by atoms with Gasteiger partial charge in [-0.05, 0) is 17.7 Å². The molecular formula is C16H15ClN2O. The van der Waals surface area contributed by atoms with E-state index < -0.39 is 0 Å². The van der Waals surface area contributed by atoms with Crippen molar-refractivity contribution in [2.45, 2.75) is 6.54 Å². The van der Waals surface area contributed by atoms with Gasteiger partial charge in [-0.25, -0.2) is 0 Å². The number of para-hydroxylation sites is 2. The Kier molecular flexibility index (Phi) is 3.88. The predicted molar refractivity (Wildman–Crippen MR) is 82.2 cm³/mol. The molecule has 0 radical (unpaired) electrons. The Morgan fingerprint density at radius 3 is 2.50 bits per heavy atom. The molecule has 0 bridgehead atoms. The van der Waals surface area contributed by atoms with E-state index in [1.165, 1.54) is 5.56 Å². The largest absolute Gasteiger partial charge is 0.423 e. The molecule has 2 aromatic carbocycles. The molecule has 3 nitrogen and oxygen atoms in total. The number of rotatable bonds is 5. The first-order valence-corrected chi connectivity index (χ1v) is 7.10. The molecule has 0 amide bonds. The summed E-state index contributed by atoms with van der Waals surface area (Å²) in [5.74, 6) is 0.533. The summed E-state index contributed by atoms with van der Waals surface area (Å²) in [6, 6.07) is 18.6. The van der Waals surface area contributed by atoms with Crippen molar-refractivity contribution in [2.24, 2.45) is 0 Å². The fourth-order valence-corrected chi connectivity index (χ4v) is 2.35. The summed E-state index contributed by atoms with van der Waals surface area (Å²) in [5, 5.41) is 0. The molecule has 102 valence electrons. The quantitative estimate of drug-likeness (QED) is 0.662. The van der Waals surface area contributed by atoms with E-state index in [0.717, 1.165) is 17.6 Å². The van der Waals surface area contributed by atoms with Gasteiger partial charge in [0.25, 0.3) is 6.01 Å². The van der Waals surface area contributed by atoms with Crippen LogP contribution in [-0.4, -0.2) is 17.4 Å². The SMILES string of the molecule is ClCCN(Cc1ccccc1)c1nc2ccccc2o1. The van der Waals surface area contributed by atoms with Gasteiger partial charge in [-0.15, -0.1) is 11.6 Å². The van der Waals surface area contributed by atoms with Crippen LogP contribution in [0.15, 0.2) is 59.0 Å². The molecule has 0 aliphatic heterocycles. The van der Waals surface area contributed by atoms with Gasteiger partial charge in [0, 0.05) is 19.0 Å². The molecule has 0 saturated carbocycles. The lowest BCUT2D eigenvalue weighted by Gasteiger charge is -2.19. The van der Waals surface area contributed by atoms with E-state index in [9.17, 15) is 0 Å². The highest BCUT2D eigenvalue weighted by molar-refractivity contribution is 6.18. The van der Waals surface area contributed by atoms with Crippen molar-refractivity contribution in [1.29, 1.82) is 0 Å². The van der Waals surface area contributed by atoms with E-state index in [2.05, 4.69) is 22.0 Å². The molecule has 0 N–H and O–H groups in total. The van der Waals surface area contributed by atoms with Crippen LogP contribution in [0.3, 0.4) is 0 Å². The van der Waals surface area contributed by atoms with Crippen molar-refractivity contribution < 1.29 is 4.42 Å². The van der Waals surface area contributed by atoms with Crippen molar-refractivity contribution in [3.63, 3.8) is 0 Å². The third kappa shape index (κ3) is 2.78. The first kappa shape index (κ1) is 13.0. The number of hydrogen-bond acceptors (Lipinski definition) is 3. The van der Waals surface area contributed by atoms with Gasteiger partial charge < -0.3 is 9.32 Å². The molecule has 0 fully saturated rings. The molecule has 0 unspecified atom stereocenters. The van der Waals surface area contributed by atoms with Crippen LogP contribution >= 0.6 is 11.6 Å². The van der Waals surface area contributed by atoms with E-state index in [-0.39, 0.29) is 0 Å². The lowest BCUT2D eigenvalue weighted by Crippen LogP contribution is -2.25. The number of nitrogens with zero attached hydrogens (tertiary/aromatic N) is 2. The maximum atomic E-state index is 5.90. The normalized spacial score (nSPS) is 10.8. The summed E-state index contributed by atoms with van der Waals surface area (Å²) in [6.45, 7) is 1.43. The Morgan fingerprint density at radius 1 is 1.00 bits per heavy atom. The molecular weight excluding hydrogens is 272 g/mol. The van der Waals surface area contributed by atoms with Gasteiger partial charge in [-0.1, -0.05) is 42.5 Å². The van der Waals surface area contributed by atoms with Crippen LogP contribution in [0.5, 0.6) is 0 Å². The third-order valence-corrected chi connectivity index (χ3v) is 3.29. The van der Waals surface area contributed by atoms with Crippen molar-refractivity contribution in [3.05, 3.63) is 60.2 Å². The molecule has 0 aliphatic carbocycles. The second-order valence-corrected chi connectivity index (χ2v) is 4.94. The summed E-state index contributed by atoms with van der Waals surface area (Å²) in [6.07, 6.45) is 0. The minimum Gasteiger partial charge on any atom is -0.423 e. The van der Waals surface area contributed by atoms with Crippen molar-refractivity contribution in [2.75, 3.05) is 17.3 Å². The Bertz CT molecular complexity index is 648. The Labute approximate surface area is 122 Å². The van der Waals surface area contributed by atoms with Gasteiger partial charge in [0.05, 0.1) is 0 Å². The zero-order valence-electron chi connectivity index (χ0n) is 11.0. The second kappa shape index (κ2) is 5.97. The topological polar surface area (TPSA) is 29.3 Å². The molecule has 0 spiro atoms. The van der Waals surface area contributed by atoms with Crippen LogP contribution < -0.4 is 4.90 Å². The molecule has 0 atom stereocenters. The lowest BCUT2D eigenvalue weighted by molar-refractivity contribution is 0.570. The highest BCUT2D eigenvalue weighted by atomic mass is 35.5. The number of anilines is 1. The summed E-state index contributed by atoms with van der Waals surface area (Å²) in [4.78, 5) is 6.59. The number of halogens is 1. The number of aromatic nitrogens is 1. The van der Waals surface area contributed by atoms with Gasteiger partial charge in [-0.3, -0.25) is 0 Å². The van der Waals surface area contributed by atoms with Crippen molar-refractivity contribution in [3.8, 4) is 0 Å². The maximum absolute atomic E-state index is 5.90. The minimum absolute atomic E-state index is 0.533. The standard InChI is InChI=1S/C16H15ClN2O/c17-10-11-19(12-13-6-2-1-3-7-13)16-18-14-8-4-5-9-15(14)20-16/h1-9H,10-12H2. The maximum Gasteiger partial charge on any atom is 0.298 e. The molecule has 4 heteroatoms. The van der Waals surface area contributed by atoms with E-state index in [0.29, 0.717) is 18.4 Å². The van der Waals surface area contributed by atoms with E-state index >= 15 is 0 Å². The van der Waals surface area contributed by atoms with Gasteiger partial charge >= 0.3 is 0 Å². The van der Waals surface area contributed by atoms with Gasteiger partial charge in [-0.2, -0.15) is 4.98 Å². The summed E-state index contributed by atoms with van der Waals surface area (Å²) in [5.41, 5.74) is 2.88. The first-order chi connectivity index (χ1) is 9.86. The predicted octanol–water partition coefficient (Wildman–Crippen LogP) is 4.07. The van der Waals surface area contributed by atoms with E-state index in [4.69, 9.17) is 16.0 Å². The fourth-order valence-electron chi connectivity index (χ4n) is 2.14. The molecule has 3 aromatic rings. The highest BCUT2D eigenvalue weighted by Gasteiger charge is 2.13. The fraction of sp³-hybridized carbons (Fsp3) is 0.188. The second-order valence-electron chi connectivity index (χ2n) is 4.56. The number of oxazole rings is 1. The average molecular weight is 287 g/mol. The minimum atomic E-state index is 0.533. The Hall–Kier alpha value is -2.00. The monoisotopic (exact) mass is 286 g/mol. The molecule has 0 saturated heterocycles. The summed E-state index contributed by atoms with van der Waals surface area (Å²) >= 11 is 5.90. The number of hydrogen-bond donors (Lipinski definition) is 0. The first-order valence-electron chi connectivity index (χ1n) is 6.57.